The number of hydrogen-bond acceptors (Lipinski definition) is 5. The molecule has 1 aromatic rings. The second-order valence-corrected chi connectivity index (χ2v) is 8.66. The first kappa shape index (κ1) is 17.3. The number of benzene rings is 1. The third kappa shape index (κ3) is 2.34. The highest BCUT2D eigenvalue weighted by Gasteiger charge is 2.47. The van der Waals surface area contributed by atoms with Crippen molar-refractivity contribution in [3.63, 3.8) is 0 Å². The lowest BCUT2D eigenvalue weighted by atomic mass is 9.89. The molecule has 134 valence electrons. The zero-order valence-electron chi connectivity index (χ0n) is 14.9. The van der Waals surface area contributed by atoms with Gasteiger partial charge in [-0.1, -0.05) is 30.1 Å². The molecule has 7 heteroatoms. The number of ether oxygens (including phenoxy) is 1. The summed E-state index contributed by atoms with van der Waals surface area (Å²) in [7, 11) is 0. The molecule has 0 spiro atoms. The van der Waals surface area contributed by atoms with Gasteiger partial charge in [0.1, 0.15) is 10.1 Å². The van der Waals surface area contributed by atoms with Crippen LogP contribution in [0.15, 0.2) is 23.1 Å². The quantitative estimate of drug-likeness (QED) is 0.623. The van der Waals surface area contributed by atoms with E-state index in [1.807, 2.05) is 39.8 Å². The van der Waals surface area contributed by atoms with E-state index in [0.717, 1.165) is 34.1 Å². The molecule has 0 radical (unpaired) electrons. The number of nitrogens with one attached hydrogen (secondary N) is 1. The lowest BCUT2D eigenvalue weighted by molar-refractivity contribution is -0.116. The predicted molar refractivity (Wildman–Crippen MR) is 108 cm³/mol. The summed E-state index contributed by atoms with van der Waals surface area (Å²) in [6, 6.07) is 3.82. The van der Waals surface area contributed by atoms with Crippen LogP contribution < -0.4 is 15.0 Å². The Morgan fingerprint density at radius 2 is 1.96 bits per heavy atom. The molecule has 5 nitrogen and oxygen atoms in total. The molecular formula is C19H18N2O3S2. The largest absolute Gasteiger partial charge is 0.494 e. The molecule has 0 bridgehead atoms. The van der Waals surface area contributed by atoms with Gasteiger partial charge in [-0.2, -0.15) is 0 Å². The molecule has 0 saturated carbocycles. The van der Waals surface area contributed by atoms with Crippen LogP contribution in [0.3, 0.4) is 0 Å². The molecule has 0 aliphatic carbocycles. The molecule has 1 aromatic carbocycles. The predicted octanol–water partition coefficient (Wildman–Crippen LogP) is 3.49. The molecule has 1 N–H and O–H groups in total. The summed E-state index contributed by atoms with van der Waals surface area (Å²) < 4.78 is 6.08. The third-order valence-electron chi connectivity index (χ3n) is 4.72. The molecule has 26 heavy (non-hydrogen) atoms. The smallest absolute Gasteiger partial charge is 0.264 e. The Balaban J connectivity index is 2.05. The van der Waals surface area contributed by atoms with Crippen molar-refractivity contribution in [1.82, 2.24) is 5.32 Å². The van der Waals surface area contributed by atoms with Crippen LogP contribution in [0.25, 0.3) is 11.1 Å². The number of rotatable bonds is 2. The number of hydrogen-bond donors (Lipinski definition) is 1. The van der Waals surface area contributed by atoms with Crippen molar-refractivity contribution in [3.8, 4) is 5.75 Å². The lowest BCUT2D eigenvalue weighted by Crippen LogP contribution is -2.46. The average molecular weight is 386 g/mol. The van der Waals surface area contributed by atoms with Gasteiger partial charge >= 0.3 is 0 Å². The molecule has 0 unspecified atom stereocenters. The van der Waals surface area contributed by atoms with Crippen LogP contribution in [0.4, 0.5) is 5.69 Å². The van der Waals surface area contributed by atoms with Crippen molar-refractivity contribution in [2.75, 3.05) is 11.5 Å². The van der Waals surface area contributed by atoms with Crippen LogP contribution in [-0.4, -0.2) is 28.3 Å². The minimum Gasteiger partial charge on any atom is -0.494 e. The number of thioether (sulfide) groups is 1. The van der Waals surface area contributed by atoms with Gasteiger partial charge in [0, 0.05) is 11.1 Å². The summed E-state index contributed by atoms with van der Waals surface area (Å²) in [5, 5.41) is 2.61. The number of anilines is 1. The molecule has 0 atom stereocenters. The Kier molecular flexibility index (Phi) is 3.79. The number of amides is 2. The molecule has 1 saturated heterocycles. The van der Waals surface area contributed by atoms with Crippen molar-refractivity contribution in [2.24, 2.45) is 0 Å². The first-order chi connectivity index (χ1) is 12.2. The fourth-order valence-corrected chi connectivity index (χ4v) is 4.95. The van der Waals surface area contributed by atoms with Crippen molar-refractivity contribution in [2.45, 2.75) is 33.2 Å². The first-order valence-corrected chi connectivity index (χ1v) is 9.60. The normalized spacial score (nSPS) is 23.2. The van der Waals surface area contributed by atoms with Gasteiger partial charge in [0.15, 0.2) is 0 Å². The SMILES string of the molecule is CCOc1cc2c3c(c1)/C(=C1/SC(=S)NC1=O)C(=O)N3C(C)(C)C=C2C. The molecule has 4 rings (SSSR count). The molecular weight excluding hydrogens is 368 g/mol. The summed E-state index contributed by atoms with van der Waals surface area (Å²) in [6.45, 7) is 8.47. The molecule has 3 heterocycles. The van der Waals surface area contributed by atoms with Crippen LogP contribution in [0.5, 0.6) is 5.75 Å². The number of carbonyl (C=O) groups excluding carboxylic acids is 2. The van der Waals surface area contributed by atoms with E-state index in [1.54, 1.807) is 4.90 Å². The Bertz CT molecular complexity index is 960. The van der Waals surface area contributed by atoms with Crippen molar-refractivity contribution in [3.05, 3.63) is 34.2 Å². The van der Waals surface area contributed by atoms with E-state index in [2.05, 4.69) is 11.4 Å². The van der Waals surface area contributed by atoms with Crippen molar-refractivity contribution >= 4 is 56.9 Å². The Morgan fingerprint density at radius 1 is 1.27 bits per heavy atom. The summed E-state index contributed by atoms with van der Waals surface area (Å²) in [5.74, 6) is 0.194. The molecule has 3 aliphatic rings. The Morgan fingerprint density at radius 3 is 2.58 bits per heavy atom. The maximum Gasteiger partial charge on any atom is 0.264 e. The van der Waals surface area contributed by atoms with Crippen LogP contribution in [-0.2, 0) is 9.59 Å². The van der Waals surface area contributed by atoms with Gasteiger partial charge < -0.3 is 10.1 Å². The van der Waals surface area contributed by atoms with Crippen LogP contribution in [0.2, 0.25) is 0 Å². The molecule has 1 fully saturated rings. The zero-order chi connectivity index (χ0) is 18.8. The summed E-state index contributed by atoms with van der Waals surface area (Å²) >= 11 is 6.25. The Hall–Kier alpha value is -2.12. The summed E-state index contributed by atoms with van der Waals surface area (Å²) in [4.78, 5) is 27.9. The minimum atomic E-state index is -0.487. The van der Waals surface area contributed by atoms with E-state index in [1.165, 1.54) is 0 Å². The van der Waals surface area contributed by atoms with Gasteiger partial charge in [0.2, 0.25) is 0 Å². The topological polar surface area (TPSA) is 58.6 Å². The van der Waals surface area contributed by atoms with Crippen LogP contribution >= 0.6 is 24.0 Å². The fourth-order valence-electron chi connectivity index (χ4n) is 3.84. The van der Waals surface area contributed by atoms with Gasteiger partial charge in [0.25, 0.3) is 11.8 Å². The minimum absolute atomic E-state index is 0.175. The number of nitrogens with zero attached hydrogens (tertiary/aromatic N) is 1. The monoisotopic (exact) mass is 386 g/mol. The standard InChI is InChI=1S/C19H18N2O3S2/c1-5-24-10-6-11-9(2)8-19(3,4)21-14(11)12(7-10)13(17(21)23)15-16(22)20-18(25)26-15/h6-8H,5H2,1-4H3,(H,20,22,25)/b15-13-. The second kappa shape index (κ2) is 5.69. The highest BCUT2D eigenvalue weighted by atomic mass is 32.2. The maximum atomic E-state index is 13.4. The summed E-state index contributed by atoms with van der Waals surface area (Å²) in [5.41, 5.74) is 3.54. The number of carbonyl (C=O) groups is 2. The van der Waals surface area contributed by atoms with Gasteiger partial charge in [-0.05, 0) is 45.4 Å². The lowest BCUT2D eigenvalue weighted by Gasteiger charge is -2.38. The van der Waals surface area contributed by atoms with Crippen molar-refractivity contribution < 1.29 is 14.3 Å². The molecule has 2 amide bonds. The number of thiocarbonyl (C=S) groups is 1. The van der Waals surface area contributed by atoms with Gasteiger partial charge in [-0.25, -0.2) is 0 Å². The van der Waals surface area contributed by atoms with E-state index >= 15 is 0 Å². The van der Waals surface area contributed by atoms with Gasteiger partial charge in [0.05, 0.1) is 28.3 Å². The third-order valence-corrected chi connectivity index (χ3v) is 5.95. The highest BCUT2D eigenvalue weighted by Crippen LogP contribution is 2.52. The van der Waals surface area contributed by atoms with Crippen molar-refractivity contribution in [1.29, 1.82) is 0 Å². The van der Waals surface area contributed by atoms with E-state index in [4.69, 9.17) is 17.0 Å². The fraction of sp³-hybridized carbons (Fsp3) is 0.316. The zero-order valence-corrected chi connectivity index (χ0v) is 16.6. The average Bonchev–Trinajstić information content (AvgIpc) is 3.01. The molecule has 3 aliphatic heterocycles. The first-order valence-electron chi connectivity index (χ1n) is 8.37. The van der Waals surface area contributed by atoms with E-state index in [-0.39, 0.29) is 11.8 Å². The summed E-state index contributed by atoms with van der Waals surface area (Å²) in [6.07, 6.45) is 2.08. The van der Waals surface area contributed by atoms with Crippen LogP contribution in [0, 0.1) is 0 Å². The van der Waals surface area contributed by atoms with E-state index in [9.17, 15) is 9.59 Å². The molecule has 0 aromatic heterocycles. The van der Waals surface area contributed by atoms with E-state index < -0.39 is 5.54 Å². The maximum absolute atomic E-state index is 13.4. The van der Waals surface area contributed by atoms with Crippen LogP contribution in [0.1, 0.15) is 38.8 Å². The van der Waals surface area contributed by atoms with Gasteiger partial charge in [-0.3, -0.25) is 14.5 Å². The second-order valence-electron chi connectivity index (χ2n) is 6.97. The van der Waals surface area contributed by atoms with E-state index in [0.29, 0.717) is 27.2 Å². The highest BCUT2D eigenvalue weighted by molar-refractivity contribution is 8.27. The Labute approximate surface area is 161 Å². The number of allylic oxidation sites excluding steroid dienone is 1. The van der Waals surface area contributed by atoms with Gasteiger partial charge in [-0.15, -0.1) is 0 Å².